The summed E-state index contributed by atoms with van der Waals surface area (Å²) in [6.45, 7) is 6.78. The third-order valence-electron chi connectivity index (χ3n) is 3.47. The van der Waals surface area contributed by atoms with Crippen molar-refractivity contribution in [1.82, 2.24) is 9.97 Å². The van der Waals surface area contributed by atoms with Gasteiger partial charge < -0.3 is 4.79 Å². The van der Waals surface area contributed by atoms with Crippen molar-refractivity contribution >= 4 is 23.4 Å². The molecule has 0 aromatic carbocycles. The summed E-state index contributed by atoms with van der Waals surface area (Å²) < 4.78 is 39.4. The average molecular weight is 372 g/mol. The molecule has 2 aromatic heterocycles. The van der Waals surface area contributed by atoms with E-state index in [9.17, 15) is 18.0 Å². The first-order chi connectivity index (χ1) is 11.5. The Morgan fingerprint density at radius 2 is 1.84 bits per heavy atom. The third-order valence-corrected chi connectivity index (χ3v) is 4.78. The summed E-state index contributed by atoms with van der Waals surface area (Å²) in [6, 6.07) is 3.04. The zero-order chi connectivity index (χ0) is 19.4. The van der Waals surface area contributed by atoms with Crippen LogP contribution in [-0.2, 0) is 10.2 Å². The number of hydrogen-bond donors (Lipinski definition) is 0. The number of carbonyl (C=O) groups is 2. The number of rotatable bonds is 3. The molecule has 0 N–H and O–H groups in total. The number of carbonyl (C=O) groups excluding carboxylic acids is 2. The molecule has 4 nitrogen and oxygen atoms in total. The van der Waals surface area contributed by atoms with Crippen LogP contribution in [0.1, 0.15) is 48.9 Å². The summed E-state index contributed by atoms with van der Waals surface area (Å²) in [5.41, 5.74) is -0.901. The number of aldehydes is 1. The fourth-order valence-corrected chi connectivity index (χ4v) is 2.83. The minimum Gasteiger partial charge on any atom is -0.304 e. The van der Waals surface area contributed by atoms with E-state index in [1.54, 1.807) is 13.0 Å². The van der Waals surface area contributed by atoms with Crippen LogP contribution in [0.4, 0.5) is 13.2 Å². The Bertz CT molecular complexity index is 767. The Morgan fingerprint density at radius 1 is 1.28 bits per heavy atom. The number of aromatic nitrogens is 2. The molecule has 0 saturated heterocycles. The Morgan fingerprint density at radius 3 is 2.28 bits per heavy atom. The van der Waals surface area contributed by atoms with Crippen LogP contribution in [0.5, 0.6) is 0 Å². The number of alkyl halides is 3. The number of pyridine rings is 1. The Balaban J connectivity index is 0.000000970. The molecular weight excluding hydrogens is 353 g/mol. The number of Topliss-reactive ketones (excluding diaryl/α,β-unsaturated/α-hetero) is 1. The van der Waals surface area contributed by atoms with Crippen LogP contribution in [0.2, 0.25) is 0 Å². The molecule has 2 heterocycles. The molecule has 0 bridgehead atoms. The van der Waals surface area contributed by atoms with Crippen LogP contribution in [0.3, 0.4) is 0 Å². The van der Waals surface area contributed by atoms with E-state index >= 15 is 0 Å². The number of hydrogen-bond acceptors (Lipinski definition) is 5. The lowest BCUT2D eigenvalue weighted by molar-refractivity contribution is -0.181. The van der Waals surface area contributed by atoms with Crippen molar-refractivity contribution in [2.75, 3.05) is 0 Å². The molecule has 0 spiro atoms. The Kier molecular flexibility index (Phi) is 6.59. The van der Waals surface area contributed by atoms with Gasteiger partial charge >= 0.3 is 6.18 Å². The lowest BCUT2D eigenvalue weighted by Crippen LogP contribution is -2.37. The summed E-state index contributed by atoms with van der Waals surface area (Å²) in [7, 11) is 0. The molecule has 0 amide bonds. The molecule has 0 aliphatic carbocycles. The first kappa shape index (κ1) is 21.0. The van der Waals surface area contributed by atoms with Crippen molar-refractivity contribution in [2.45, 2.75) is 46.2 Å². The predicted octanol–water partition coefficient (Wildman–Crippen LogP) is 4.76. The van der Waals surface area contributed by atoms with Crippen LogP contribution < -0.4 is 0 Å². The molecule has 0 aliphatic rings. The fraction of sp³-hybridized carbons (Fsp3) is 0.412. The molecule has 2 aromatic rings. The van der Waals surface area contributed by atoms with Gasteiger partial charge in [-0.1, -0.05) is 0 Å². The lowest BCUT2D eigenvalue weighted by atomic mass is 9.87. The van der Waals surface area contributed by atoms with Gasteiger partial charge in [0.25, 0.3) is 0 Å². The molecule has 0 aliphatic heterocycles. The van der Waals surface area contributed by atoms with Gasteiger partial charge in [0, 0.05) is 13.1 Å². The maximum atomic E-state index is 13.1. The van der Waals surface area contributed by atoms with Crippen molar-refractivity contribution in [2.24, 2.45) is 0 Å². The Hall–Kier alpha value is -2.09. The quantitative estimate of drug-likeness (QED) is 0.576. The van der Waals surface area contributed by atoms with Crippen LogP contribution >= 0.6 is 11.3 Å². The minimum absolute atomic E-state index is 0.0605. The molecule has 0 radical (unpaired) electrons. The van der Waals surface area contributed by atoms with E-state index < -0.39 is 11.6 Å². The van der Waals surface area contributed by atoms with Crippen molar-refractivity contribution < 1.29 is 22.8 Å². The van der Waals surface area contributed by atoms with Gasteiger partial charge in [0.15, 0.2) is 10.8 Å². The monoisotopic (exact) mass is 372 g/mol. The summed E-state index contributed by atoms with van der Waals surface area (Å²) in [4.78, 5) is 28.9. The number of halogens is 3. The normalized spacial score (nSPS) is 11.5. The largest absolute Gasteiger partial charge is 0.399 e. The van der Waals surface area contributed by atoms with Gasteiger partial charge in [-0.15, -0.1) is 11.3 Å². The molecule has 0 saturated carbocycles. The van der Waals surface area contributed by atoms with Crippen LogP contribution in [-0.4, -0.2) is 28.2 Å². The fourth-order valence-electron chi connectivity index (χ4n) is 1.87. The first-order valence-electron chi connectivity index (χ1n) is 7.37. The van der Waals surface area contributed by atoms with Crippen molar-refractivity contribution in [3.05, 3.63) is 34.7 Å². The zero-order valence-corrected chi connectivity index (χ0v) is 15.4. The maximum Gasteiger partial charge on any atom is 0.399 e. The second-order valence-electron chi connectivity index (χ2n) is 5.78. The van der Waals surface area contributed by atoms with Gasteiger partial charge in [0.1, 0.15) is 11.7 Å². The summed E-state index contributed by atoms with van der Waals surface area (Å²) in [5, 5.41) is 0.348. The summed E-state index contributed by atoms with van der Waals surface area (Å²) in [5.74, 6) is -0.163. The van der Waals surface area contributed by atoms with Crippen molar-refractivity contribution in [3.63, 3.8) is 0 Å². The predicted molar refractivity (Wildman–Crippen MR) is 90.9 cm³/mol. The van der Waals surface area contributed by atoms with Crippen molar-refractivity contribution in [1.29, 1.82) is 0 Å². The molecule has 8 heteroatoms. The number of nitrogens with zero attached hydrogens (tertiary/aromatic N) is 2. The molecule has 25 heavy (non-hydrogen) atoms. The van der Waals surface area contributed by atoms with Gasteiger partial charge in [0.2, 0.25) is 0 Å². The van der Waals surface area contributed by atoms with E-state index in [4.69, 9.17) is 4.79 Å². The molecule has 0 fully saturated rings. The lowest BCUT2D eigenvalue weighted by Gasteiger charge is -2.27. The third kappa shape index (κ3) is 4.72. The second-order valence-corrected chi connectivity index (χ2v) is 6.78. The summed E-state index contributed by atoms with van der Waals surface area (Å²) >= 11 is 1.18. The zero-order valence-electron chi connectivity index (χ0n) is 14.6. The highest BCUT2D eigenvalue weighted by molar-refractivity contribution is 7.17. The number of thiazole rings is 1. The van der Waals surface area contributed by atoms with E-state index in [-0.39, 0.29) is 11.5 Å². The standard InChI is InChI=1S/C15H15F3N2OS.C2H4O/c1-8-12(22-13(20-8)9(2)21)10-5-6-19-11(7-10)14(3,4)15(16,17)18;1-2-3/h5-7H,1-4H3;2H,1H3. The van der Waals surface area contributed by atoms with E-state index in [0.717, 1.165) is 20.1 Å². The second kappa shape index (κ2) is 7.86. The SMILES string of the molecule is CC(=O)c1nc(C)c(-c2ccnc(C(C)(C)C(F)(F)F)c2)s1.CC=O. The molecular formula is C17H19F3N2O2S. The highest BCUT2D eigenvalue weighted by Gasteiger charge is 2.49. The van der Waals surface area contributed by atoms with Crippen molar-refractivity contribution in [3.8, 4) is 10.4 Å². The van der Waals surface area contributed by atoms with Crippen LogP contribution in [0.25, 0.3) is 10.4 Å². The van der Waals surface area contributed by atoms with Gasteiger partial charge in [0.05, 0.1) is 16.3 Å². The number of ketones is 1. The molecule has 2 rings (SSSR count). The highest BCUT2D eigenvalue weighted by Crippen LogP contribution is 2.41. The van der Waals surface area contributed by atoms with Gasteiger partial charge in [-0.05, 0) is 45.4 Å². The minimum atomic E-state index is -4.40. The van der Waals surface area contributed by atoms with E-state index in [0.29, 0.717) is 21.1 Å². The molecule has 0 unspecified atom stereocenters. The maximum absolute atomic E-state index is 13.1. The van der Waals surface area contributed by atoms with Crippen LogP contribution in [0.15, 0.2) is 18.3 Å². The van der Waals surface area contributed by atoms with Gasteiger partial charge in [-0.2, -0.15) is 13.2 Å². The number of aryl methyl sites for hydroxylation is 1. The van der Waals surface area contributed by atoms with E-state index in [1.165, 1.54) is 37.4 Å². The smallest absolute Gasteiger partial charge is 0.304 e. The van der Waals surface area contributed by atoms with E-state index in [2.05, 4.69) is 9.97 Å². The van der Waals surface area contributed by atoms with Gasteiger partial charge in [-0.25, -0.2) is 4.98 Å². The van der Waals surface area contributed by atoms with Gasteiger partial charge in [-0.3, -0.25) is 9.78 Å². The molecule has 0 atom stereocenters. The van der Waals surface area contributed by atoms with Crippen LogP contribution in [0, 0.1) is 6.92 Å². The summed E-state index contributed by atoms with van der Waals surface area (Å²) in [6.07, 6.45) is -2.29. The first-order valence-corrected chi connectivity index (χ1v) is 8.19. The highest BCUT2D eigenvalue weighted by atomic mass is 32.1. The average Bonchev–Trinajstić information content (AvgIpc) is 2.89. The molecule has 136 valence electrons. The Labute approximate surface area is 148 Å². The topological polar surface area (TPSA) is 59.9 Å². The van der Waals surface area contributed by atoms with E-state index in [1.807, 2.05) is 0 Å².